The molecule has 0 atom stereocenters. The lowest BCUT2D eigenvalue weighted by Gasteiger charge is -2.03. The van der Waals surface area contributed by atoms with E-state index in [1.165, 1.54) is 0 Å². The van der Waals surface area contributed by atoms with Gasteiger partial charge in [-0.25, -0.2) is 4.68 Å². The van der Waals surface area contributed by atoms with Crippen LogP contribution in [0.15, 0.2) is 29.2 Å². The molecule has 90 valence electrons. The van der Waals surface area contributed by atoms with E-state index < -0.39 is 0 Å². The molecule has 3 nitrogen and oxygen atoms in total. The maximum Gasteiger partial charge on any atom is 0.269 e. The molecule has 0 unspecified atom stereocenters. The van der Waals surface area contributed by atoms with Gasteiger partial charge in [-0.15, -0.1) is 0 Å². The van der Waals surface area contributed by atoms with E-state index in [0.29, 0.717) is 16.6 Å². The van der Waals surface area contributed by atoms with Crippen molar-refractivity contribution in [1.82, 2.24) is 9.78 Å². The van der Waals surface area contributed by atoms with E-state index in [4.69, 9.17) is 23.2 Å². The predicted molar refractivity (Wildman–Crippen MR) is 70.0 cm³/mol. The number of benzene rings is 1. The fourth-order valence-electron chi connectivity index (χ4n) is 1.64. The topological polar surface area (TPSA) is 37.8 Å². The van der Waals surface area contributed by atoms with Crippen molar-refractivity contribution in [3.8, 4) is 0 Å². The van der Waals surface area contributed by atoms with E-state index >= 15 is 0 Å². The summed E-state index contributed by atoms with van der Waals surface area (Å²) >= 11 is 11.8. The maximum atomic E-state index is 11.8. The highest BCUT2D eigenvalue weighted by Gasteiger charge is 2.05. The lowest BCUT2D eigenvalue weighted by molar-refractivity contribution is 0.662. The van der Waals surface area contributed by atoms with Gasteiger partial charge in [-0.05, 0) is 24.1 Å². The number of hydrogen-bond donors (Lipinski definition) is 1. The van der Waals surface area contributed by atoms with Gasteiger partial charge in [0.25, 0.3) is 5.56 Å². The smallest absolute Gasteiger partial charge is 0.269 e. The summed E-state index contributed by atoms with van der Waals surface area (Å²) in [5.41, 5.74) is 1.73. The van der Waals surface area contributed by atoms with Crippen LogP contribution in [0.3, 0.4) is 0 Å². The van der Waals surface area contributed by atoms with Gasteiger partial charge in [-0.3, -0.25) is 4.79 Å². The normalized spacial score (nSPS) is 10.8. The van der Waals surface area contributed by atoms with Crippen LogP contribution in [0.5, 0.6) is 0 Å². The lowest BCUT2D eigenvalue weighted by Crippen LogP contribution is -2.19. The fraction of sp³-hybridized carbons (Fsp3) is 0.250. The van der Waals surface area contributed by atoms with Gasteiger partial charge in [0.2, 0.25) is 0 Å². The number of rotatable bonds is 3. The van der Waals surface area contributed by atoms with Gasteiger partial charge in [-0.2, -0.15) is 0 Å². The first-order valence-corrected chi connectivity index (χ1v) is 6.08. The molecule has 5 heteroatoms. The Morgan fingerprint density at radius 3 is 2.65 bits per heavy atom. The second kappa shape index (κ2) is 4.98. The Labute approximate surface area is 109 Å². The van der Waals surface area contributed by atoms with Crippen molar-refractivity contribution in [2.45, 2.75) is 19.9 Å². The van der Waals surface area contributed by atoms with E-state index in [-0.39, 0.29) is 5.56 Å². The highest BCUT2D eigenvalue weighted by atomic mass is 35.5. The molecule has 17 heavy (non-hydrogen) atoms. The number of halogens is 2. The van der Waals surface area contributed by atoms with E-state index in [1.54, 1.807) is 23.0 Å². The third-order valence-corrected chi connectivity index (χ3v) is 3.36. The number of aromatic amines is 1. The number of aromatic nitrogens is 2. The zero-order valence-electron chi connectivity index (χ0n) is 9.34. The molecule has 0 aliphatic carbocycles. The van der Waals surface area contributed by atoms with Gasteiger partial charge in [-0.1, -0.05) is 36.2 Å². The Balaban J connectivity index is 2.28. The van der Waals surface area contributed by atoms with E-state index in [0.717, 1.165) is 17.5 Å². The highest BCUT2D eigenvalue weighted by Crippen LogP contribution is 2.22. The number of H-pyrrole nitrogens is 1. The third kappa shape index (κ3) is 2.56. The molecule has 0 bridgehead atoms. The van der Waals surface area contributed by atoms with Crippen LogP contribution in [-0.4, -0.2) is 9.78 Å². The number of nitrogens with one attached hydrogen (secondary N) is 1. The van der Waals surface area contributed by atoms with Crippen LogP contribution in [-0.2, 0) is 13.0 Å². The summed E-state index contributed by atoms with van der Waals surface area (Å²) in [6.07, 6.45) is 2.46. The van der Waals surface area contributed by atoms with Gasteiger partial charge in [0.15, 0.2) is 0 Å². The summed E-state index contributed by atoms with van der Waals surface area (Å²) in [7, 11) is 0. The van der Waals surface area contributed by atoms with Gasteiger partial charge in [0.05, 0.1) is 16.6 Å². The molecule has 0 saturated carbocycles. The minimum atomic E-state index is 0.0126. The van der Waals surface area contributed by atoms with Crippen molar-refractivity contribution in [2.24, 2.45) is 0 Å². The molecule has 1 aromatic carbocycles. The summed E-state index contributed by atoms with van der Waals surface area (Å²) < 4.78 is 1.55. The largest absolute Gasteiger partial charge is 0.302 e. The second-order valence-corrected chi connectivity index (χ2v) is 4.61. The number of hydrogen-bond acceptors (Lipinski definition) is 1. The zero-order valence-corrected chi connectivity index (χ0v) is 10.8. The molecule has 1 heterocycles. The SMILES string of the molecule is CCc1c[nH]n(Cc2ccc(Cl)c(Cl)c2)c1=O. The first-order valence-electron chi connectivity index (χ1n) is 5.33. The molecule has 0 fully saturated rings. The standard InChI is InChI=1S/C12H12Cl2N2O/c1-2-9-6-15-16(12(9)17)7-8-3-4-10(13)11(14)5-8/h3-6,15H,2,7H2,1H3. The van der Waals surface area contributed by atoms with Crippen molar-refractivity contribution in [1.29, 1.82) is 0 Å². The monoisotopic (exact) mass is 270 g/mol. The van der Waals surface area contributed by atoms with E-state index in [9.17, 15) is 4.79 Å². The average Bonchev–Trinajstić information content (AvgIpc) is 2.65. The summed E-state index contributed by atoms with van der Waals surface area (Å²) in [5.74, 6) is 0. The minimum absolute atomic E-state index is 0.0126. The van der Waals surface area contributed by atoms with Crippen LogP contribution in [0.1, 0.15) is 18.1 Å². The molecule has 1 aromatic heterocycles. The van der Waals surface area contributed by atoms with Crippen molar-refractivity contribution < 1.29 is 0 Å². The highest BCUT2D eigenvalue weighted by molar-refractivity contribution is 6.42. The first-order chi connectivity index (χ1) is 8.11. The van der Waals surface area contributed by atoms with Crippen LogP contribution in [0.25, 0.3) is 0 Å². The zero-order chi connectivity index (χ0) is 12.4. The molecule has 0 amide bonds. The molecule has 0 spiro atoms. The van der Waals surface area contributed by atoms with Crippen molar-refractivity contribution in [2.75, 3.05) is 0 Å². The minimum Gasteiger partial charge on any atom is -0.302 e. The molecule has 2 aromatic rings. The lowest BCUT2D eigenvalue weighted by atomic mass is 10.2. The molecule has 0 saturated heterocycles. The van der Waals surface area contributed by atoms with Crippen LogP contribution in [0.4, 0.5) is 0 Å². The van der Waals surface area contributed by atoms with Crippen molar-refractivity contribution in [3.63, 3.8) is 0 Å². The Hall–Kier alpha value is -1.19. The van der Waals surface area contributed by atoms with Crippen LogP contribution in [0, 0.1) is 0 Å². The molecule has 0 aliphatic rings. The maximum absolute atomic E-state index is 11.8. The molecule has 0 radical (unpaired) electrons. The van der Waals surface area contributed by atoms with E-state index in [2.05, 4.69) is 5.10 Å². The van der Waals surface area contributed by atoms with Crippen molar-refractivity contribution >= 4 is 23.2 Å². The summed E-state index contributed by atoms with van der Waals surface area (Å²) in [4.78, 5) is 11.8. The second-order valence-electron chi connectivity index (χ2n) is 3.79. The fourth-order valence-corrected chi connectivity index (χ4v) is 1.96. The molecular formula is C12H12Cl2N2O. The summed E-state index contributed by atoms with van der Waals surface area (Å²) in [6.45, 7) is 2.42. The Kier molecular flexibility index (Phi) is 3.60. The van der Waals surface area contributed by atoms with Crippen LogP contribution >= 0.6 is 23.2 Å². The van der Waals surface area contributed by atoms with Gasteiger partial charge < -0.3 is 5.10 Å². The quantitative estimate of drug-likeness (QED) is 0.915. The summed E-state index contributed by atoms with van der Waals surface area (Å²) in [5, 5.41) is 3.95. The molecular weight excluding hydrogens is 259 g/mol. The molecule has 2 rings (SSSR count). The Morgan fingerprint density at radius 1 is 1.29 bits per heavy atom. The van der Waals surface area contributed by atoms with Gasteiger partial charge in [0, 0.05) is 11.8 Å². The van der Waals surface area contributed by atoms with Crippen LogP contribution < -0.4 is 5.56 Å². The molecule has 1 N–H and O–H groups in total. The van der Waals surface area contributed by atoms with Crippen LogP contribution in [0.2, 0.25) is 10.0 Å². The van der Waals surface area contributed by atoms with E-state index in [1.807, 2.05) is 13.0 Å². The number of nitrogens with zero attached hydrogens (tertiary/aromatic N) is 1. The van der Waals surface area contributed by atoms with Gasteiger partial charge >= 0.3 is 0 Å². The Bertz CT molecular complexity index is 586. The third-order valence-electron chi connectivity index (χ3n) is 2.62. The number of aryl methyl sites for hydroxylation is 1. The predicted octanol–water partition coefficient (Wildman–Crippen LogP) is 3.09. The Morgan fingerprint density at radius 2 is 2.06 bits per heavy atom. The van der Waals surface area contributed by atoms with Crippen molar-refractivity contribution in [3.05, 3.63) is 55.9 Å². The average molecular weight is 271 g/mol. The molecule has 0 aliphatic heterocycles. The first kappa shape index (κ1) is 12.3. The van der Waals surface area contributed by atoms with Gasteiger partial charge in [0.1, 0.15) is 0 Å². The summed E-state index contributed by atoms with van der Waals surface area (Å²) in [6, 6.07) is 5.35.